The number of hydrogen-bond acceptors (Lipinski definition) is 2. The van der Waals surface area contributed by atoms with Crippen molar-refractivity contribution in [2.24, 2.45) is 0 Å². The standard InChI is InChI=1S/C50H40N2/c1-37-15-12-23-46(35-37)51(42-19-8-4-9-20-42)44-31-27-40(28-32-44)49-26-14-25-48(39-17-6-3-7-18-39)50(49)41-29-33-45(34-30-41)52(43-21-10-5-11-22-43)47-24-13-16-38(2)36-47/h3-36H,1-2H3/i3D,26D. The number of para-hydroxylation sites is 2. The van der Waals surface area contributed by atoms with Gasteiger partial charge in [-0.15, -0.1) is 0 Å². The fourth-order valence-corrected chi connectivity index (χ4v) is 6.97. The van der Waals surface area contributed by atoms with Crippen LogP contribution in [0.1, 0.15) is 13.9 Å². The molecular weight excluding hydrogens is 629 g/mol. The lowest BCUT2D eigenvalue weighted by Crippen LogP contribution is -2.10. The van der Waals surface area contributed by atoms with Gasteiger partial charge in [-0.1, -0.05) is 133 Å². The van der Waals surface area contributed by atoms with Gasteiger partial charge in [-0.25, -0.2) is 0 Å². The zero-order valence-electron chi connectivity index (χ0n) is 31.4. The van der Waals surface area contributed by atoms with Crippen LogP contribution >= 0.6 is 0 Å². The van der Waals surface area contributed by atoms with E-state index in [9.17, 15) is 1.37 Å². The lowest BCUT2D eigenvalue weighted by Gasteiger charge is -2.26. The van der Waals surface area contributed by atoms with Crippen LogP contribution in [0, 0.1) is 13.8 Å². The van der Waals surface area contributed by atoms with Crippen LogP contribution in [0.5, 0.6) is 0 Å². The maximum atomic E-state index is 9.33. The van der Waals surface area contributed by atoms with Crippen LogP contribution < -0.4 is 9.80 Å². The first kappa shape index (κ1) is 30.2. The summed E-state index contributed by atoms with van der Waals surface area (Å²) >= 11 is 0. The smallest absolute Gasteiger partial charge is 0.0629 e. The molecule has 8 aromatic carbocycles. The largest absolute Gasteiger partial charge is 0.310 e. The third-order valence-corrected chi connectivity index (χ3v) is 9.40. The summed E-state index contributed by atoms with van der Waals surface area (Å²) < 4.78 is 17.5. The van der Waals surface area contributed by atoms with Crippen molar-refractivity contribution >= 4 is 34.1 Å². The summed E-state index contributed by atoms with van der Waals surface area (Å²) in [6.45, 7) is 4.24. The van der Waals surface area contributed by atoms with Crippen molar-refractivity contribution in [1.29, 1.82) is 0 Å². The van der Waals surface area contributed by atoms with E-state index in [1.165, 1.54) is 11.1 Å². The zero-order valence-corrected chi connectivity index (χ0v) is 29.4. The van der Waals surface area contributed by atoms with Gasteiger partial charge in [-0.05, 0) is 131 Å². The molecule has 0 aliphatic heterocycles. The van der Waals surface area contributed by atoms with Crippen LogP contribution in [-0.4, -0.2) is 0 Å². The molecule has 0 saturated heterocycles. The molecule has 0 heterocycles. The Bertz CT molecular complexity index is 2510. The first-order valence-electron chi connectivity index (χ1n) is 18.7. The number of benzene rings is 8. The Morgan fingerprint density at radius 1 is 0.346 bits per heavy atom. The molecule has 8 rings (SSSR count). The van der Waals surface area contributed by atoms with Crippen molar-refractivity contribution < 1.29 is 2.74 Å². The molecule has 0 unspecified atom stereocenters. The molecule has 52 heavy (non-hydrogen) atoms. The molecule has 2 heteroatoms. The second-order valence-corrected chi connectivity index (χ2v) is 13.0. The van der Waals surface area contributed by atoms with Crippen molar-refractivity contribution in [1.82, 2.24) is 0 Å². The normalized spacial score (nSPS) is 11.4. The Morgan fingerprint density at radius 2 is 0.788 bits per heavy atom. The third-order valence-electron chi connectivity index (χ3n) is 9.40. The number of hydrogen-bond donors (Lipinski definition) is 0. The Morgan fingerprint density at radius 3 is 1.29 bits per heavy atom. The van der Waals surface area contributed by atoms with E-state index in [2.05, 4.69) is 169 Å². The monoisotopic (exact) mass is 670 g/mol. The van der Waals surface area contributed by atoms with Crippen LogP contribution in [0.15, 0.2) is 206 Å². The summed E-state index contributed by atoms with van der Waals surface area (Å²) in [5.74, 6) is 0. The quantitative estimate of drug-likeness (QED) is 0.151. The molecule has 0 aromatic heterocycles. The molecule has 0 fully saturated rings. The summed E-state index contributed by atoms with van der Waals surface area (Å²) in [6, 6.07) is 67.8. The minimum Gasteiger partial charge on any atom is -0.310 e. The Hall–Kier alpha value is -6.64. The van der Waals surface area contributed by atoms with Gasteiger partial charge in [-0.3, -0.25) is 0 Å². The van der Waals surface area contributed by atoms with Crippen LogP contribution in [0.3, 0.4) is 0 Å². The highest BCUT2D eigenvalue weighted by Gasteiger charge is 2.18. The molecule has 8 aromatic rings. The molecule has 0 atom stereocenters. The van der Waals surface area contributed by atoms with Gasteiger partial charge in [0.2, 0.25) is 0 Å². The summed E-state index contributed by atoms with van der Waals surface area (Å²) in [6.07, 6.45) is 0. The van der Waals surface area contributed by atoms with E-state index in [1.807, 2.05) is 48.5 Å². The summed E-state index contributed by atoms with van der Waals surface area (Å²) in [5.41, 5.74) is 14.7. The predicted octanol–water partition coefficient (Wildman–Crippen LogP) is 14.2. The molecule has 2 nitrogen and oxygen atoms in total. The number of nitrogens with zero attached hydrogens (tertiary/aromatic N) is 2. The Labute approximate surface area is 310 Å². The second kappa shape index (κ2) is 14.7. The van der Waals surface area contributed by atoms with Gasteiger partial charge in [0.15, 0.2) is 0 Å². The zero-order chi connectivity index (χ0) is 37.0. The van der Waals surface area contributed by atoms with E-state index in [-0.39, 0.29) is 0 Å². The molecule has 0 bridgehead atoms. The molecule has 0 radical (unpaired) electrons. The average molecular weight is 671 g/mol. The molecule has 0 saturated carbocycles. The van der Waals surface area contributed by atoms with Crippen molar-refractivity contribution in [2.75, 3.05) is 9.80 Å². The maximum Gasteiger partial charge on any atom is 0.0629 e. The molecule has 250 valence electrons. The summed E-state index contributed by atoms with van der Waals surface area (Å²) in [4.78, 5) is 4.54. The van der Waals surface area contributed by atoms with Crippen LogP contribution in [0.4, 0.5) is 34.1 Å². The highest BCUT2D eigenvalue weighted by atomic mass is 15.1. The van der Waals surface area contributed by atoms with Crippen LogP contribution in [-0.2, 0) is 0 Å². The highest BCUT2D eigenvalue weighted by Crippen LogP contribution is 2.43. The van der Waals surface area contributed by atoms with Gasteiger partial charge < -0.3 is 9.80 Å². The summed E-state index contributed by atoms with van der Waals surface area (Å²) in [5, 5.41) is 0. The van der Waals surface area contributed by atoms with Gasteiger partial charge in [0, 0.05) is 34.1 Å². The Kier molecular flexibility index (Phi) is 8.53. The fraction of sp³-hybridized carbons (Fsp3) is 0.0400. The lowest BCUT2D eigenvalue weighted by atomic mass is 9.87. The van der Waals surface area contributed by atoms with E-state index in [0.717, 1.165) is 67.5 Å². The number of anilines is 6. The van der Waals surface area contributed by atoms with E-state index < -0.39 is 0 Å². The maximum absolute atomic E-state index is 9.33. The SMILES string of the molecule is [2H]c1ccc(-c2ccc([2H])c(-c3ccc(N(c4ccccc4)c4cccc(C)c4)cc3)c2-c2ccc(N(c3ccccc3)c3cccc(C)c3)cc2)cc1. The number of rotatable bonds is 9. The van der Waals surface area contributed by atoms with Gasteiger partial charge in [-0.2, -0.15) is 0 Å². The van der Waals surface area contributed by atoms with E-state index in [1.54, 1.807) is 0 Å². The van der Waals surface area contributed by atoms with Crippen molar-refractivity contribution in [3.05, 3.63) is 217 Å². The minimum atomic E-state index is 0.451. The van der Waals surface area contributed by atoms with Gasteiger partial charge in [0.25, 0.3) is 0 Å². The summed E-state index contributed by atoms with van der Waals surface area (Å²) in [7, 11) is 0. The molecule has 0 aliphatic rings. The molecule has 0 N–H and O–H groups in total. The van der Waals surface area contributed by atoms with Gasteiger partial charge in [0.05, 0.1) is 2.74 Å². The molecule has 0 spiro atoms. The topological polar surface area (TPSA) is 6.48 Å². The minimum absolute atomic E-state index is 0.451. The van der Waals surface area contributed by atoms with E-state index >= 15 is 0 Å². The van der Waals surface area contributed by atoms with E-state index in [4.69, 9.17) is 1.37 Å². The molecular formula is C50H40N2. The first-order chi connectivity index (χ1) is 26.4. The third kappa shape index (κ3) is 6.75. The molecule has 0 aliphatic carbocycles. The Balaban J connectivity index is 1.26. The lowest BCUT2D eigenvalue weighted by molar-refractivity contribution is 1.27. The highest BCUT2D eigenvalue weighted by molar-refractivity contribution is 5.95. The molecule has 0 amide bonds. The second-order valence-electron chi connectivity index (χ2n) is 13.0. The average Bonchev–Trinajstić information content (AvgIpc) is 3.20. The fourth-order valence-electron chi connectivity index (χ4n) is 6.97. The van der Waals surface area contributed by atoms with Crippen molar-refractivity contribution in [3.8, 4) is 33.4 Å². The first-order valence-corrected chi connectivity index (χ1v) is 17.7. The predicted molar refractivity (Wildman–Crippen MR) is 222 cm³/mol. The number of aryl methyl sites for hydroxylation is 2. The van der Waals surface area contributed by atoms with Gasteiger partial charge >= 0.3 is 0 Å². The van der Waals surface area contributed by atoms with Crippen LogP contribution in [0.2, 0.25) is 0 Å². The van der Waals surface area contributed by atoms with Gasteiger partial charge in [0.1, 0.15) is 0 Å². The van der Waals surface area contributed by atoms with Crippen molar-refractivity contribution in [3.63, 3.8) is 0 Å². The van der Waals surface area contributed by atoms with E-state index in [0.29, 0.717) is 12.1 Å². The van der Waals surface area contributed by atoms with Crippen molar-refractivity contribution in [2.45, 2.75) is 13.8 Å². The van der Waals surface area contributed by atoms with Crippen LogP contribution in [0.25, 0.3) is 33.4 Å².